The van der Waals surface area contributed by atoms with Crippen molar-refractivity contribution in [3.8, 4) is 0 Å². The van der Waals surface area contributed by atoms with Crippen molar-refractivity contribution in [3.63, 3.8) is 0 Å². The van der Waals surface area contributed by atoms with Crippen LogP contribution in [0.3, 0.4) is 0 Å². The van der Waals surface area contributed by atoms with E-state index in [-0.39, 0.29) is 22.8 Å². The average Bonchev–Trinajstić information content (AvgIpc) is 2.78. The number of nitrogens with two attached hydrogens (primary N) is 1. The molecule has 3 N–H and O–H groups in total. The summed E-state index contributed by atoms with van der Waals surface area (Å²) < 4.78 is 37.4. The number of piperazine rings is 1. The number of benzene rings is 2. The number of carbonyl (C=O) groups is 2. The number of primary sulfonamides is 1. The van der Waals surface area contributed by atoms with Crippen LogP contribution in [0.1, 0.15) is 24.1 Å². The van der Waals surface area contributed by atoms with E-state index in [1.807, 2.05) is 6.92 Å². The minimum Gasteiger partial charge on any atom is -0.370 e. The number of halogens is 1. The SMILES string of the molecule is C=CC(=O)N1CCN(C(=O)[C@H](Nc2ccc(S(N)(=O)=O)cc2)c2ccc(C)c(F)c2)C[C@H]1C. The van der Waals surface area contributed by atoms with Gasteiger partial charge >= 0.3 is 0 Å². The quantitative estimate of drug-likeness (QED) is 0.623. The van der Waals surface area contributed by atoms with Crippen molar-refractivity contribution in [3.05, 3.63) is 72.1 Å². The Morgan fingerprint density at radius 1 is 1.21 bits per heavy atom. The highest BCUT2D eigenvalue weighted by atomic mass is 32.2. The summed E-state index contributed by atoms with van der Waals surface area (Å²) in [7, 11) is -3.86. The van der Waals surface area contributed by atoms with Gasteiger partial charge in [-0.05, 0) is 61.4 Å². The van der Waals surface area contributed by atoms with E-state index < -0.39 is 21.9 Å². The molecule has 1 aliphatic rings. The minimum absolute atomic E-state index is 0.0610. The zero-order valence-corrected chi connectivity index (χ0v) is 19.3. The van der Waals surface area contributed by atoms with Gasteiger partial charge in [-0.1, -0.05) is 18.7 Å². The second-order valence-electron chi connectivity index (χ2n) is 8.02. The first-order valence-electron chi connectivity index (χ1n) is 10.4. The molecular weight excluding hydrogens is 447 g/mol. The molecule has 0 bridgehead atoms. The van der Waals surface area contributed by atoms with Gasteiger partial charge in [-0.2, -0.15) is 0 Å². The van der Waals surface area contributed by atoms with Crippen molar-refractivity contribution < 1.29 is 22.4 Å². The van der Waals surface area contributed by atoms with Crippen molar-refractivity contribution in [1.29, 1.82) is 0 Å². The molecule has 0 radical (unpaired) electrons. The molecule has 2 aromatic carbocycles. The molecule has 0 aromatic heterocycles. The Balaban J connectivity index is 1.89. The second-order valence-corrected chi connectivity index (χ2v) is 9.59. The molecule has 0 saturated carbocycles. The van der Waals surface area contributed by atoms with Crippen LogP contribution in [0.2, 0.25) is 0 Å². The summed E-state index contributed by atoms with van der Waals surface area (Å²) in [6.07, 6.45) is 1.25. The number of hydrogen-bond acceptors (Lipinski definition) is 5. The molecule has 3 rings (SSSR count). The van der Waals surface area contributed by atoms with Crippen LogP contribution < -0.4 is 10.5 Å². The van der Waals surface area contributed by atoms with Crippen LogP contribution >= 0.6 is 0 Å². The number of aryl methyl sites for hydroxylation is 1. The van der Waals surface area contributed by atoms with Gasteiger partial charge in [0.25, 0.3) is 0 Å². The zero-order valence-electron chi connectivity index (χ0n) is 18.5. The van der Waals surface area contributed by atoms with Gasteiger partial charge in [-0.25, -0.2) is 17.9 Å². The molecule has 0 aliphatic carbocycles. The highest BCUT2D eigenvalue weighted by molar-refractivity contribution is 7.89. The van der Waals surface area contributed by atoms with Crippen LogP contribution in [0.5, 0.6) is 0 Å². The lowest BCUT2D eigenvalue weighted by molar-refractivity contribution is -0.140. The average molecular weight is 475 g/mol. The molecule has 0 unspecified atom stereocenters. The van der Waals surface area contributed by atoms with Gasteiger partial charge in [0.15, 0.2) is 0 Å². The second kappa shape index (κ2) is 9.72. The maximum atomic E-state index is 14.3. The first-order valence-corrected chi connectivity index (χ1v) is 11.9. The molecule has 2 atom stereocenters. The van der Waals surface area contributed by atoms with E-state index in [4.69, 9.17) is 5.14 Å². The van der Waals surface area contributed by atoms with E-state index >= 15 is 0 Å². The summed E-state index contributed by atoms with van der Waals surface area (Å²) in [5, 5.41) is 8.23. The van der Waals surface area contributed by atoms with Crippen molar-refractivity contribution in [2.75, 3.05) is 25.0 Å². The molecule has 1 heterocycles. The van der Waals surface area contributed by atoms with Gasteiger partial charge in [0.2, 0.25) is 21.8 Å². The minimum atomic E-state index is -3.86. The third kappa shape index (κ3) is 5.58. The van der Waals surface area contributed by atoms with Crippen LogP contribution in [-0.2, 0) is 19.6 Å². The first-order chi connectivity index (χ1) is 15.5. The molecule has 2 aromatic rings. The number of anilines is 1. The number of sulfonamides is 1. The van der Waals surface area contributed by atoms with Crippen molar-refractivity contribution in [2.45, 2.75) is 30.8 Å². The predicted octanol–water partition coefficient (Wildman–Crippen LogP) is 2.18. The van der Waals surface area contributed by atoms with Gasteiger partial charge in [0, 0.05) is 31.4 Å². The summed E-state index contributed by atoms with van der Waals surface area (Å²) in [5.74, 6) is -0.919. The summed E-state index contributed by atoms with van der Waals surface area (Å²) in [6.45, 7) is 7.98. The monoisotopic (exact) mass is 474 g/mol. The van der Waals surface area contributed by atoms with Crippen LogP contribution in [-0.4, -0.2) is 55.7 Å². The van der Waals surface area contributed by atoms with E-state index in [0.717, 1.165) is 0 Å². The zero-order chi connectivity index (χ0) is 24.3. The van der Waals surface area contributed by atoms with Gasteiger partial charge in [0.1, 0.15) is 11.9 Å². The highest BCUT2D eigenvalue weighted by Gasteiger charge is 2.33. The lowest BCUT2D eigenvalue weighted by atomic mass is 10.0. The molecular formula is C23H27FN4O4S. The summed E-state index contributed by atoms with van der Waals surface area (Å²) in [4.78, 5) is 28.8. The number of hydrogen-bond donors (Lipinski definition) is 2. The Labute approximate surface area is 192 Å². The van der Waals surface area contributed by atoms with Crippen LogP contribution in [0.25, 0.3) is 0 Å². The van der Waals surface area contributed by atoms with E-state index in [1.54, 1.807) is 28.9 Å². The Morgan fingerprint density at radius 2 is 1.88 bits per heavy atom. The smallest absolute Gasteiger partial charge is 0.249 e. The first kappa shape index (κ1) is 24.4. The summed E-state index contributed by atoms with van der Waals surface area (Å²) >= 11 is 0. The van der Waals surface area contributed by atoms with Crippen molar-refractivity contribution in [2.24, 2.45) is 5.14 Å². The lowest BCUT2D eigenvalue weighted by Crippen LogP contribution is -2.56. The third-order valence-corrected chi connectivity index (χ3v) is 6.60. The van der Waals surface area contributed by atoms with Gasteiger partial charge in [-0.15, -0.1) is 0 Å². The Kier molecular flexibility index (Phi) is 7.19. The largest absolute Gasteiger partial charge is 0.370 e. The maximum absolute atomic E-state index is 14.3. The number of nitrogens with one attached hydrogen (secondary N) is 1. The van der Waals surface area contributed by atoms with Crippen LogP contribution in [0.4, 0.5) is 10.1 Å². The van der Waals surface area contributed by atoms with E-state index in [2.05, 4.69) is 11.9 Å². The van der Waals surface area contributed by atoms with E-state index in [1.165, 1.54) is 36.4 Å². The van der Waals surface area contributed by atoms with E-state index in [0.29, 0.717) is 36.4 Å². The maximum Gasteiger partial charge on any atom is 0.249 e. The fourth-order valence-corrected chi connectivity index (χ4v) is 4.28. The van der Waals surface area contributed by atoms with Gasteiger partial charge in [0.05, 0.1) is 4.90 Å². The number of rotatable bonds is 6. The van der Waals surface area contributed by atoms with E-state index in [9.17, 15) is 22.4 Å². The normalized spacial score (nSPS) is 17.4. The molecule has 0 spiro atoms. The van der Waals surface area contributed by atoms with Gasteiger partial charge in [-0.3, -0.25) is 9.59 Å². The molecule has 1 fully saturated rings. The lowest BCUT2D eigenvalue weighted by Gasteiger charge is -2.40. The van der Waals surface area contributed by atoms with Crippen molar-refractivity contribution >= 4 is 27.5 Å². The van der Waals surface area contributed by atoms with Gasteiger partial charge < -0.3 is 15.1 Å². The topological polar surface area (TPSA) is 113 Å². The fourth-order valence-electron chi connectivity index (χ4n) is 3.77. The molecule has 176 valence electrons. The number of nitrogens with zero attached hydrogens (tertiary/aromatic N) is 2. The van der Waals surface area contributed by atoms with Crippen LogP contribution in [0.15, 0.2) is 60.0 Å². The standard InChI is InChI=1S/C23H27FN4O4S/c1-4-21(29)28-12-11-27(14-16(28)3)23(30)22(17-6-5-15(2)20(24)13-17)26-18-7-9-19(10-8-18)33(25,31)32/h4-10,13,16,22,26H,1,11-12,14H2,2-3H3,(H2,25,31,32)/t16-,22-/m1/s1. The molecule has 10 heteroatoms. The number of amides is 2. The Bertz CT molecular complexity index is 1170. The summed E-state index contributed by atoms with van der Waals surface area (Å²) in [6, 6.07) is 9.10. The fraction of sp³-hybridized carbons (Fsp3) is 0.304. The predicted molar refractivity (Wildman–Crippen MR) is 123 cm³/mol. The Morgan fingerprint density at radius 3 is 2.42 bits per heavy atom. The summed E-state index contributed by atoms with van der Waals surface area (Å²) in [5.41, 5.74) is 1.35. The van der Waals surface area contributed by atoms with Crippen LogP contribution in [0, 0.1) is 12.7 Å². The number of carbonyl (C=O) groups excluding carboxylic acids is 2. The molecule has 1 aliphatic heterocycles. The highest BCUT2D eigenvalue weighted by Crippen LogP contribution is 2.26. The molecule has 8 nitrogen and oxygen atoms in total. The third-order valence-electron chi connectivity index (χ3n) is 5.67. The molecule has 1 saturated heterocycles. The molecule has 33 heavy (non-hydrogen) atoms. The van der Waals surface area contributed by atoms with Crippen molar-refractivity contribution in [1.82, 2.24) is 9.80 Å². The molecule has 2 amide bonds. The Hall–Kier alpha value is -3.24.